The zero-order valence-corrected chi connectivity index (χ0v) is 23.4. The zero-order valence-electron chi connectivity index (χ0n) is 23.4. The van der Waals surface area contributed by atoms with Crippen LogP contribution in [0.5, 0.6) is 0 Å². The maximum Gasteiger partial charge on any atom is 0.270 e. The average molecular weight is 538 g/mol. The molecule has 4 N–H and O–H groups in total. The molecule has 1 aliphatic carbocycles. The van der Waals surface area contributed by atoms with Gasteiger partial charge in [-0.05, 0) is 56.5 Å². The molecular weight excluding hydrogens is 494 g/mol. The van der Waals surface area contributed by atoms with Crippen LogP contribution in [0.1, 0.15) is 67.9 Å². The highest BCUT2D eigenvalue weighted by molar-refractivity contribution is 6.00. The number of likely N-dealkylation sites (N-methyl/N-ethyl adjacent to an activating group) is 1. The minimum absolute atomic E-state index is 0.0246. The lowest BCUT2D eigenvalue weighted by atomic mass is 9.83. The Hall–Kier alpha value is -3.24. The number of nitrogens with one attached hydrogen (secondary N) is 2. The van der Waals surface area contributed by atoms with E-state index in [1.54, 1.807) is 16.9 Å². The van der Waals surface area contributed by atoms with Gasteiger partial charge in [-0.3, -0.25) is 19.1 Å². The Morgan fingerprint density at radius 3 is 2.33 bits per heavy atom. The van der Waals surface area contributed by atoms with E-state index in [9.17, 15) is 14.4 Å². The van der Waals surface area contributed by atoms with Crippen molar-refractivity contribution >= 4 is 23.4 Å². The van der Waals surface area contributed by atoms with Crippen molar-refractivity contribution in [1.82, 2.24) is 24.9 Å². The van der Waals surface area contributed by atoms with Gasteiger partial charge >= 0.3 is 0 Å². The van der Waals surface area contributed by atoms with E-state index in [2.05, 4.69) is 27.7 Å². The summed E-state index contributed by atoms with van der Waals surface area (Å²) in [4.78, 5) is 43.5. The summed E-state index contributed by atoms with van der Waals surface area (Å²) in [5, 5.41) is 10.2. The quantitative estimate of drug-likeness (QED) is 0.451. The summed E-state index contributed by atoms with van der Waals surface area (Å²) >= 11 is 0. The number of carbonyl (C=O) groups excluding carboxylic acids is 3. The van der Waals surface area contributed by atoms with E-state index in [1.807, 2.05) is 43.0 Å². The van der Waals surface area contributed by atoms with E-state index in [1.165, 1.54) is 0 Å². The Morgan fingerprint density at radius 2 is 1.69 bits per heavy atom. The van der Waals surface area contributed by atoms with Crippen LogP contribution in [0.3, 0.4) is 0 Å². The lowest BCUT2D eigenvalue weighted by Crippen LogP contribution is -2.53. The molecule has 0 bridgehead atoms. The van der Waals surface area contributed by atoms with E-state index >= 15 is 0 Å². The summed E-state index contributed by atoms with van der Waals surface area (Å²) in [6.45, 7) is 7.56. The van der Waals surface area contributed by atoms with Crippen LogP contribution in [0.25, 0.3) is 0 Å². The van der Waals surface area contributed by atoms with Crippen molar-refractivity contribution in [1.29, 1.82) is 0 Å². The van der Waals surface area contributed by atoms with Crippen molar-refractivity contribution in [2.24, 2.45) is 11.7 Å². The SMILES string of the molecule is CCn1nccc1C(=O)NC(C(=O)Nc1ccc(C(C)C(N)C(=O)N2CCN(C)CC2)cc1)C1CCCCC1. The number of aryl methyl sites for hydroxylation is 1. The van der Waals surface area contributed by atoms with Gasteiger partial charge in [0.2, 0.25) is 11.8 Å². The molecule has 0 spiro atoms. The van der Waals surface area contributed by atoms with E-state index in [0.29, 0.717) is 31.0 Å². The molecule has 3 amide bonds. The Labute approximate surface area is 231 Å². The smallest absolute Gasteiger partial charge is 0.270 e. The third-order valence-corrected chi connectivity index (χ3v) is 8.28. The second-order valence-electron chi connectivity index (χ2n) is 10.9. The number of anilines is 1. The first-order valence-electron chi connectivity index (χ1n) is 14.2. The highest BCUT2D eigenvalue weighted by Crippen LogP contribution is 2.28. The Balaban J connectivity index is 1.40. The van der Waals surface area contributed by atoms with Crippen molar-refractivity contribution in [3.8, 4) is 0 Å². The normalized spacial score (nSPS) is 19.2. The second-order valence-corrected chi connectivity index (χ2v) is 10.9. The largest absolute Gasteiger partial charge is 0.339 e. The van der Waals surface area contributed by atoms with Crippen LogP contribution in [0.4, 0.5) is 5.69 Å². The van der Waals surface area contributed by atoms with Gasteiger partial charge in [-0.1, -0.05) is 38.3 Å². The molecule has 212 valence electrons. The van der Waals surface area contributed by atoms with Gasteiger partial charge in [-0.25, -0.2) is 0 Å². The molecule has 4 rings (SSSR count). The minimum atomic E-state index is -0.633. The lowest BCUT2D eigenvalue weighted by Gasteiger charge is -2.35. The molecule has 1 aromatic heterocycles. The summed E-state index contributed by atoms with van der Waals surface area (Å²) < 4.78 is 1.63. The molecule has 1 saturated carbocycles. The molecule has 1 aliphatic heterocycles. The molecule has 2 aromatic rings. The van der Waals surface area contributed by atoms with Crippen LogP contribution in [0.2, 0.25) is 0 Å². The van der Waals surface area contributed by atoms with Crippen molar-refractivity contribution in [2.75, 3.05) is 38.5 Å². The number of piperazine rings is 1. The molecule has 1 saturated heterocycles. The maximum absolute atomic E-state index is 13.5. The maximum atomic E-state index is 13.5. The van der Waals surface area contributed by atoms with Crippen molar-refractivity contribution in [2.45, 2.75) is 70.5 Å². The third-order valence-electron chi connectivity index (χ3n) is 8.28. The van der Waals surface area contributed by atoms with Crippen LogP contribution < -0.4 is 16.4 Å². The number of hydrogen-bond donors (Lipinski definition) is 3. The fraction of sp³-hybridized carbons (Fsp3) is 0.586. The second kappa shape index (κ2) is 13.2. The number of benzene rings is 1. The predicted octanol–water partition coefficient (Wildman–Crippen LogP) is 2.43. The van der Waals surface area contributed by atoms with Gasteiger partial charge in [-0.15, -0.1) is 0 Å². The molecule has 2 fully saturated rings. The fourth-order valence-corrected chi connectivity index (χ4v) is 5.61. The van der Waals surface area contributed by atoms with Gasteiger partial charge in [0.15, 0.2) is 0 Å². The number of nitrogens with zero attached hydrogens (tertiary/aromatic N) is 4. The number of aromatic nitrogens is 2. The first kappa shape index (κ1) is 28.8. The van der Waals surface area contributed by atoms with Crippen molar-refractivity contribution < 1.29 is 14.4 Å². The lowest BCUT2D eigenvalue weighted by molar-refractivity contribution is -0.134. The standard InChI is InChI=1S/C29H43N7O3/c1-4-36-24(14-15-31-36)27(37)33-26(22-8-6-5-7-9-22)28(38)32-23-12-10-21(11-13-23)20(2)25(30)29(39)35-18-16-34(3)17-19-35/h10-15,20,22,25-26H,4-9,16-19,30H2,1-3H3,(H,32,38)(H,33,37). The first-order valence-corrected chi connectivity index (χ1v) is 14.2. The van der Waals surface area contributed by atoms with Gasteiger partial charge in [0.1, 0.15) is 11.7 Å². The molecule has 3 unspecified atom stereocenters. The average Bonchev–Trinajstić information content (AvgIpc) is 3.45. The third kappa shape index (κ3) is 7.05. The van der Waals surface area contributed by atoms with Crippen LogP contribution in [0, 0.1) is 5.92 Å². The van der Waals surface area contributed by atoms with Crippen molar-refractivity contribution in [3.05, 3.63) is 47.8 Å². The summed E-state index contributed by atoms with van der Waals surface area (Å²) in [5.74, 6) is -0.620. The molecular formula is C29H43N7O3. The molecule has 1 aromatic carbocycles. The summed E-state index contributed by atoms with van der Waals surface area (Å²) in [7, 11) is 2.05. The van der Waals surface area contributed by atoms with E-state index < -0.39 is 12.1 Å². The van der Waals surface area contributed by atoms with Crippen LogP contribution in [-0.4, -0.2) is 82.6 Å². The number of amides is 3. The highest BCUT2D eigenvalue weighted by atomic mass is 16.2. The van der Waals surface area contributed by atoms with Crippen LogP contribution >= 0.6 is 0 Å². The topological polar surface area (TPSA) is 126 Å². The minimum Gasteiger partial charge on any atom is -0.339 e. The van der Waals surface area contributed by atoms with E-state index in [4.69, 9.17) is 5.73 Å². The van der Waals surface area contributed by atoms with E-state index in [0.717, 1.165) is 50.8 Å². The summed E-state index contributed by atoms with van der Waals surface area (Å²) in [5.41, 5.74) is 8.42. The molecule has 3 atom stereocenters. The van der Waals surface area contributed by atoms with Crippen molar-refractivity contribution in [3.63, 3.8) is 0 Å². The van der Waals surface area contributed by atoms with Crippen LogP contribution in [-0.2, 0) is 16.1 Å². The Morgan fingerprint density at radius 1 is 1.03 bits per heavy atom. The monoisotopic (exact) mass is 537 g/mol. The molecule has 2 heterocycles. The zero-order chi connectivity index (χ0) is 27.9. The van der Waals surface area contributed by atoms with Crippen LogP contribution in [0.15, 0.2) is 36.5 Å². The number of nitrogens with two attached hydrogens (primary N) is 1. The molecule has 10 heteroatoms. The molecule has 10 nitrogen and oxygen atoms in total. The fourth-order valence-electron chi connectivity index (χ4n) is 5.61. The van der Waals surface area contributed by atoms with Gasteiger partial charge in [0, 0.05) is 50.5 Å². The van der Waals surface area contributed by atoms with Gasteiger partial charge < -0.3 is 26.2 Å². The molecule has 39 heavy (non-hydrogen) atoms. The summed E-state index contributed by atoms with van der Waals surface area (Å²) in [6, 6.07) is 7.90. The van der Waals surface area contributed by atoms with E-state index in [-0.39, 0.29) is 29.6 Å². The molecule has 2 aliphatic rings. The number of carbonyl (C=O) groups is 3. The Kier molecular flexibility index (Phi) is 9.74. The van der Waals surface area contributed by atoms with Gasteiger partial charge in [0.05, 0.1) is 6.04 Å². The number of hydrogen-bond acceptors (Lipinski definition) is 6. The highest BCUT2D eigenvalue weighted by Gasteiger charge is 2.32. The Bertz CT molecular complexity index is 1120. The van der Waals surface area contributed by atoms with Gasteiger partial charge in [0.25, 0.3) is 5.91 Å². The predicted molar refractivity (Wildman–Crippen MR) is 151 cm³/mol. The first-order chi connectivity index (χ1) is 18.8. The molecule has 0 radical (unpaired) electrons. The number of rotatable bonds is 9. The van der Waals surface area contributed by atoms with Gasteiger partial charge in [-0.2, -0.15) is 5.10 Å². The summed E-state index contributed by atoms with van der Waals surface area (Å²) in [6.07, 6.45) is 6.66.